The zero-order chi connectivity index (χ0) is 35.8. The van der Waals surface area contributed by atoms with Gasteiger partial charge in [-0.25, -0.2) is 8.78 Å². The van der Waals surface area contributed by atoms with Crippen LogP contribution in [0.5, 0.6) is 6.01 Å². The molecule has 0 radical (unpaired) electrons. The highest BCUT2D eigenvalue weighted by atomic mass is 35.5. The van der Waals surface area contributed by atoms with Crippen LogP contribution in [0.4, 0.5) is 19.6 Å². The summed E-state index contributed by atoms with van der Waals surface area (Å²) >= 11 is 7.86. The Morgan fingerprint density at radius 2 is 1.98 bits per heavy atom. The van der Waals surface area contributed by atoms with Gasteiger partial charge in [0.2, 0.25) is 0 Å². The van der Waals surface area contributed by atoms with Crippen molar-refractivity contribution in [1.29, 1.82) is 5.26 Å². The van der Waals surface area contributed by atoms with Crippen LogP contribution in [0.3, 0.4) is 0 Å². The Labute approximate surface area is 302 Å². The van der Waals surface area contributed by atoms with Crippen LogP contribution in [0.15, 0.2) is 30.5 Å². The van der Waals surface area contributed by atoms with Crippen LogP contribution in [-0.2, 0) is 7.05 Å². The normalized spacial score (nSPS) is 19.5. The number of benzene rings is 2. The van der Waals surface area contributed by atoms with Crippen molar-refractivity contribution < 1.29 is 18.3 Å². The molecule has 15 heteroatoms. The van der Waals surface area contributed by atoms with Crippen molar-refractivity contribution >= 4 is 60.7 Å². The molecule has 5 aromatic rings. The molecule has 264 valence electrons. The maximum absolute atomic E-state index is 17.1. The molecule has 11 nitrogen and oxygen atoms in total. The number of halogens is 3. The number of rotatable bonds is 6. The largest absolute Gasteiger partial charge is 0.459 e. The number of carbonyl (C=O) groups is 1. The number of nitrogen functional groups attached to an aromatic ring is 1. The Bertz CT molecular complexity index is 2260. The zero-order valence-corrected chi connectivity index (χ0v) is 30.0. The van der Waals surface area contributed by atoms with Crippen LogP contribution in [0.25, 0.3) is 32.1 Å². The first-order chi connectivity index (χ1) is 24.5. The van der Waals surface area contributed by atoms with E-state index in [1.54, 1.807) is 30.1 Å². The summed E-state index contributed by atoms with van der Waals surface area (Å²) in [5, 5.41) is 14.9. The number of aryl methyl sites for hydroxylation is 1. The molecule has 0 bridgehead atoms. The van der Waals surface area contributed by atoms with E-state index in [9.17, 15) is 14.4 Å². The van der Waals surface area contributed by atoms with Gasteiger partial charge in [-0.15, -0.1) is 11.3 Å². The number of carbonyl (C=O) groups excluding carboxylic acids is 1. The Morgan fingerprint density at radius 1 is 1.18 bits per heavy atom. The Morgan fingerprint density at radius 3 is 2.69 bits per heavy atom. The second kappa shape index (κ2) is 12.6. The SMILES string of the molecule is C[C@H](Oc1nc(N2CCCC3(CN(C(=O)c4ccnn4C)C3)C2)c2cc(Cl)c(-c3ccc(F)c4sc(N)c(C#N)c34)c(F)c2n1)C1CCCN1C. The number of hydrogen-bond acceptors (Lipinski definition) is 10. The van der Waals surface area contributed by atoms with Gasteiger partial charge in [0.25, 0.3) is 5.91 Å². The summed E-state index contributed by atoms with van der Waals surface area (Å²) in [6.07, 6.45) is 5.13. The molecule has 8 rings (SSSR count). The molecule has 0 saturated carbocycles. The average molecular weight is 732 g/mol. The van der Waals surface area contributed by atoms with E-state index in [4.69, 9.17) is 27.1 Å². The molecular weight excluding hydrogens is 696 g/mol. The van der Waals surface area contributed by atoms with Gasteiger partial charge < -0.3 is 20.3 Å². The van der Waals surface area contributed by atoms with Crippen LogP contribution in [0.1, 0.15) is 48.7 Å². The fraction of sp³-hybridized carbons (Fsp3) is 0.417. The van der Waals surface area contributed by atoms with Gasteiger partial charge in [-0.1, -0.05) is 17.7 Å². The minimum absolute atomic E-state index is 0.00167. The number of ether oxygens (including phenoxy) is 1. The van der Waals surface area contributed by atoms with Gasteiger partial charge >= 0.3 is 6.01 Å². The van der Waals surface area contributed by atoms with E-state index >= 15 is 4.39 Å². The van der Waals surface area contributed by atoms with Gasteiger partial charge in [0, 0.05) is 67.2 Å². The molecule has 1 spiro atoms. The number of likely N-dealkylation sites (N-methyl/N-ethyl adjacent to an activating group) is 1. The highest BCUT2D eigenvalue weighted by molar-refractivity contribution is 7.23. The Hall–Kier alpha value is -4.58. The van der Waals surface area contributed by atoms with E-state index < -0.39 is 11.6 Å². The van der Waals surface area contributed by atoms with E-state index in [1.165, 1.54) is 12.1 Å². The van der Waals surface area contributed by atoms with E-state index in [0.29, 0.717) is 43.1 Å². The van der Waals surface area contributed by atoms with Gasteiger partial charge in [-0.2, -0.15) is 20.3 Å². The second-order valence-corrected chi connectivity index (χ2v) is 15.5. The first kappa shape index (κ1) is 33.6. The number of aromatic nitrogens is 4. The first-order valence-electron chi connectivity index (χ1n) is 17.0. The quantitative estimate of drug-likeness (QED) is 0.216. The molecular formula is C36H36ClF2N9O2S. The molecule has 0 aliphatic carbocycles. The molecule has 51 heavy (non-hydrogen) atoms. The van der Waals surface area contributed by atoms with Crippen LogP contribution in [0.2, 0.25) is 5.02 Å². The predicted octanol–water partition coefficient (Wildman–Crippen LogP) is 6.23. The van der Waals surface area contributed by atoms with Crippen molar-refractivity contribution in [3.05, 3.63) is 58.4 Å². The monoisotopic (exact) mass is 731 g/mol. The topological polar surface area (TPSA) is 129 Å². The first-order valence-corrected chi connectivity index (χ1v) is 18.2. The number of nitrogens with two attached hydrogens (primary N) is 1. The smallest absolute Gasteiger partial charge is 0.319 e. The Kier molecular flexibility index (Phi) is 8.27. The number of thiophene rings is 1. The average Bonchev–Trinajstić information content (AvgIpc) is 3.82. The fourth-order valence-electron chi connectivity index (χ4n) is 8.28. The molecule has 3 aliphatic rings. The van der Waals surface area contributed by atoms with Crippen molar-refractivity contribution in [2.75, 3.05) is 50.4 Å². The fourth-order valence-corrected chi connectivity index (χ4v) is 9.53. The van der Waals surface area contributed by atoms with Crippen LogP contribution in [0, 0.1) is 28.4 Å². The van der Waals surface area contributed by atoms with E-state index in [-0.39, 0.29) is 71.8 Å². The summed E-state index contributed by atoms with van der Waals surface area (Å²) < 4.78 is 40.2. The lowest BCUT2D eigenvalue weighted by Gasteiger charge is -2.54. The number of nitrogens with zero attached hydrogens (tertiary/aromatic N) is 8. The molecule has 3 aromatic heterocycles. The third-order valence-electron chi connectivity index (χ3n) is 10.8. The second-order valence-electron chi connectivity index (χ2n) is 14.1. The lowest BCUT2D eigenvalue weighted by atomic mass is 9.73. The minimum Gasteiger partial charge on any atom is -0.459 e. The molecule has 2 atom stereocenters. The van der Waals surface area contributed by atoms with Gasteiger partial charge in [0.1, 0.15) is 40.0 Å². The highest BCUT2D eigenvalue weighted by Gasteiger charge is 2.48. The zero-order valence-electron chi connectivity index (χ0n) is 28.4. The van der Waals surface area contributed by atoms with Crippen LogP contribution >= 0.6 is 22.9 Å². The maximum Gasteiger partial charge on any atom is 0.319 e. The number of hydrogen-bond donors (Lipinski definition) is 1. The molecule has 3 aliphatic heterocycles. The molecule has 3 saturated heterocycles. The van der Waals surface area contributed by atoms with Crippen molar-refractivity contribution in [2.24, 2.45) is 12.5 Å². The van der Waals surface area contributed by atoms with Crippen LogP contribution < -0.4 is 15.4 Å². The summed E-state index contributed by atoms with van der Waals surface area (Å²) in [5.41, 5.74) is 6.77. The predicted molar refractivity (Wildman–Crippen MR) is 193 cm³/mol. The van der Waals surface area contributed by atoms with Gasteiger partial charge in [-0.05, 0) is 70.0 Å². The molecule has 2 aromatic carbocycles. The maximum atomic E-state index is 17.1. The van der Waals surface area contributed by atoms with Crippen molar-refractivity contribution in [3.63, 3.8) is 0 Å². The number of piperidine rings is 1. The van der Waals surface area contributed by atoms with Crippen molar-refractivity contribution in [3.8, 4) is 23.2 Å². The number of likely N-dealkylation sites (tertiary alicyclic amines) is 2. The van der Waals surface area contributed by atoms with Gasteiger partial charge in [0.05, 0.1) is 15.3 Å². The summed E-state index contributed by atoms with van der Waals surface area (Å²) in [5.74, 6) is -0.867. The number of fused-ring (bicyclic) bond motifs is 2. The van der Waals surface area contributed by atoms with Crippen molar-refractivity contribution in [1.82, 2.24) is 29.5 Å². The van der Waals surface area contributed by atoms with Crippen LogP contribution in [-0.4, -0.2) is 87.4 Å². The van der Waals surface area contributed by atoms with Crippen molar-refractivity contribution in [2.45, 2.75) is 44.8 Å². The van der Waals surface area contributed by atoms with Gasteiger partial charge in [0.15, 0.2) is 5.82 Å². The lowest BCUT2D eigenvalue weighted by molar-refractivity contribution is -0.00264. The van der Waals surface area contributed by atoms with Gasteiger partial charge in [-0.3, -0.25) is 14.4 Å². The highest BCUT2D eigenvalue weighted by Crippen LogP contribution is 2.47. The molecule has 2 N–H and O–H groups in total. The molecule has 6 heterocycles. The molecule has 1 unspecified atom stereocenters. The minimum atomic E-state index is -0.735. The summed E-state index contributed by atoms with van der Waals surface area (Å²) in [6, 6.07) is 8.24. The summed E-state index contributed by atoms with van der Waals surface area (Å²) in [6.45, 7) is 5.34. The van der Waals surface area contributed by atoms with E-state index in [0.717, 1.165) is 43.6 Å². The molecule has 3 fully saturated rings. The van der Waals surface area contributed by atoms with E-state index in [2.05, 4.69) is 33.0 Å². The number of anilines is 2. The van der Waals surface area contributed by atoms with E-state index in [1.807, 2.05) is 11.8 Å². The summed E-state index contributed by atoms with van der Waals surface area (Å²) in [4.78, 5) is 29.0. The Balaban J connectivity index is 1.22. The number of nitriles is 1. The number of amides is 1. The summed E-state index contributed by atoms with van der Waals surface area (Å²) in [7, 11) is 3.81. The third-order valence-corrected chi connectivity index (χ3v) is 12.1. The standard InChI is InChI=1S/C36H36ClF2N9O2S/c1-19(25-6-4-12-45(25)2)50-35-43-30-21(14-23(37)28(29(30)39)20-7-8-24(38)31-27(20)22(15-40)32(41)51-31)33(44-35)47-13-5-10-36(16-47)17-48(18-36)34(49)26-9-11-42-46(26)3/h7-9,11,14,19,25H,4-6,10,12-13,16-18,41H2,1-3H3/t19-,25?/m0/s1. The third kappa shape index (κ3) is 5.53. The molecule has 1 amide bonds. The lowest BCUT2D eigenvalue weighted by Crippen LogP contribution is -2.64.